The number of nitro groups is 1. The fourth-order valence-corrected chi connectivity index (χ4v) is 5.31. The number of para-hydroxylation sites is 1. The zero-order valence-electron chi connectivity index (χ0n) is 18.5. The molecule has 0 aliphatic carbocycles. The van der Waals surface area contributed by atoms with Crippen molar-refractivity contribution in [2.24, 2.45) is 0 Å². The van der Waals surface area contributed by atoms with Gasteiger partial charge < -0.3 is 19.3 Å². The van der Waals surface area contributed by atoms with Crippen LogP contribution in [0.2, 0.25) is 0 Å². The summed E-state index contributed by atoms with van der Waals surface area (Å²) >= 11 is -1.76. The third-order valence-electron chi connectivity index (χ3n) is 5.44. The average molecular weight is 513 g/mol. The van der Waals surface area contributed by atoms with E-state index in [1.165, 1.54) is 24.3 Å². The van der Waals surface area contributed by atoms with E-state index in [0.717, 1.165) is 4.90 Å². The molecule has 0 saturated carbocycles. The third-order valence-corrected chi connectivity index (χ3v) is 7.05. The minimum absolute atomic E-state index is 0.137. The first-order valence-corrected chi connectivity index (χ1v) is 11.9. The molecular weight excluding hydrogens is 494 g/mol. The number of esters is 1. The highest BCUT2D eigenvalue weighted by Gasteiger charge is 2.61. The van der Waals surface area contributed by atoms with Crippen LogP contribution in [0.5, 0.6) is 5.75 Å². The van der Waals surface area contributed by atoms with Crippen molar-refractivity contribution in [3.05, 3.63) is 81.5 Å². The number of β-lactam (4-membered cyclic amide) rings is 1. The van der Waals surface area contributed by atoms with Crippen LogP contribution in [0.1, 0.15) is 5.56 Å². The molecule has 186 valence electrons. The Kier molecular flexibility index (Phi) is 7.31. The molecular formula is C23H19N3O9S. The predicted octanol–water partition coefficient (Wildman–Crippen LogP) is 0.585. The standard InChI is InChI=1S/C23H19N3O9S/c27-10-15-13-36(33)22-19(24-18(28)12-34-17-4-2-1-3-5-17)21(29)25(22)20(15)23(30)35-11-14-6-8-16(9-7-14)26(31)32/h1-10,19,22H,11-13H2,(H,24,28)/t19?,22-,36?/m0/s1. The van der Waals surface area contributed by atoms with Crippen LogP contribution in [0.25, 0.3) is 0 Å². The third kappa shape index (κ3) is 5.06. The lowest BCUT2D eigenvalue weighted by molar-refractivity contribution is -0.384. The molecule has 2 aromatic carbocycles. The highest BCUT2D eigenvalue weighted by atomic mass is 32.2. The normalized spacial score (nSPS) is 20.6. The second-order valence-electron chi connectivity index (χ2n) is 7.76. The van der Waals surface area contributed by atoms with Crippen molar-refractivity contribution in [2.75, 3.05) is 12.4 Å². The van der Waals surface area contributed by atoms with E-state index in [9.17, 15) is 33.8 Å². The molecule has 13 heteroatoms. The number of carbonyl (C=O) groups is 4. The summed E-state index contributed by atoms with van der Waals surface area (Å²) in [7, 11) is 0. The molecule has 2 unspecified atom stereocenters. The summed E-state index contributed by atoms with van der Waals surface area (Å²) in [6, 6.07) is 12.7. The van der Waals surface area contributed by atoms with Crippen LogP contribution in [-0.2, 0) is 41.7 Å². The molecule has 1 saturated heterocycles. The van der Waals surface area contributed by atoms with E-state index in [1.807, 2.05) is 0 Å². The van der Waals surface area contributed by atoms with Gasteiger partial charge in [-0.2, -0.15) is 0 Å². The van der Waals surface area contributed by atoms with Gasteiger partial charge in [0.15, 0.2) is 18.9 Å². The van der Waals surface area contributed by atoms with E-state index in [-0.39, 0.29) is 35.9 Å². The molecule has 36 heavy (non-hydrogen) atoms. The molecule has 0 spiro atoms. The Hall–Kier alpha value is -4.23. The van der Waals surface area contributed by atoms with Gasteiger partial charge in [-0.1, -0.05) is 18.2 Å². The fraction of sp³-hybridized carbons (Fsp3) is 0.217. The molecule has 0 radical (unpaired) electrons. The van der Waals surface area contributed by atoms with E-state index in [0.29, 0.717) is 17.6 Å². The maximum atomic E-state index is 12.8. The van der Waals surface area contributed by atoms with Crippen LogP contribution in [0.3, 0.4) is 0 Å². The number of nitrogens with one attached hydrogen (secondary N) is 1. The van der Waals surface area contributed by atoms with E-state index < -0.39 is 45.3 Å². The van der Waals surface area contributed by atoms with Crippen molar-refractivity contribution in [3.8, 4) is 5.75 Å². The number of ether oxygens (including phenoxy) is 2. The highest BCUT2D eigenvalue weighted by Crippen LogP contribution is 2.36. The number of amides is 2. The highest BCUT2D eigenvalue weighted by molar-refractivity contribution is 7.92. The zero-order valence-corrected chi connectivity index (χ0v) is 19.3. The van der Waals surface area contributed by atoms with Crippen LogP contribution in [0.4, 0.5) is 5.69 Å². The maximum Gasteiger partial charge on any atom is 0.356 e. The molecule has 0 bridgehead atoms. The number of nitrogens with zero attached hydrogens (tertiary/aromatic N) is 2. The Bertz CT molecular complexity index is 1230. The van der Waals surface area contributed by atoms with Gasteiger partial charge >= 0.3 is 5.97 Å². The number of aldehydes is 1. The minimum Gasteiger partial charge on any atom is -0.614 e. The first kappa shape index (κ1) is 24.9. The molecule has 4 rings (SSSR count). The fourth-order valence-electron chi connectivity index (χ4n) is 3.70. The first-order chi connectivity index (χ1) is 17.3. The van der Waals surface area contributed by atoms with E-state index in [2.05, 4.69) is 5.32 Å². The Morgan fingerprint density at radius 3 is 2.50 bits per heavy atom. The molecule has 12 nitrogen and oxygen atoms in total. The molecule has 3 atom stereocenters. The Labute approximate surface area is 207 Å². The van der Waals surface area contributed by atoms with Crippen LogP contribution in [0, 0.1) is 10.1 Å². The van der Waals surface area contributed by atoms with E-state index in [4.69, 9.17) is 9.47 Å². The van der Waals surface area contributed by atoms with Crippen molar-refractivity contribution in [1.82, 2.24) is 10.2 Å². The predicted molar refractivity (Wildman–Crippen MR) is 123 cm³/mol. The van der Waals surface area contributed by atoms with Crippen molar-refractivity contribution in [2.45, 2.75) is 18.0 Å². The summed E-state index contributed by atoms with van der Waals surface area (Å²) in [6.45, 7) is -0.661. The molecule has 0 aromatic heterocycles. The summed E-state index contributed by atoms with van der Waals surface area (Å²) in [4.78, 5) is 60.6. The summed E-state index contributed by atoms with van der Waals surface area (Å²) in [6.07, 6.45) is 0.337. The number of carbonyl (C=O) groups excluding carboxylic acids is 4. The monoisotopic (exact) mass is 513 g/mol. The maximum absolute atomic E-state index is 12.8. The largest absolute Gasteiger partial charge is 0.614 e. The van der Waals surface area contributed by atoms with Crippen molar-refractivity contribution in [3.63, 3.8) is 0 Å². The number of nitro benzene ring substituents is 1. The van der Waals surface area contributed by atoms with Gasteiger partial charge in [0.25, 0.3) is 17.5 Å². The van der Waals surface area contributed by atoms with Gasteiger partial charge in [-0.3, -0.25) is 29.4 Å². The minimum atomic E-state index is -1.76. The smallest absolute Gasteiger partial charge is 0.356 e. The van der Waals surface area contributed by atoms with Crippen LogP contribution in [-0.4, -0.2) is 62.2 Å². The van der Waals surface area contributed by atoms with Gasteiger partial charge in [0, 0.05) is 12.1 Å². The lowest BCUT2D eigenvalue weighted by Gasteiger charge is -2.48. The average Bonchev–Trinajstić information content (AvgIpc) is 2.89. The lowest BCUT2D eigenvalue weighted by atomic mass is 10.0. The zero-order chi connectivity index (χ0) is 25.8. The van der Waals surface area contributed by atoms with Crippen molar-refractivity contribution in [1.29, 1.82) is 0 Å². The second kappa shape index (κ2) is 10.6. The number of hydrogen-bond donors (Lipinski definition) is 1. The SMILES string of the molecule is O=CC1=C(C(=O)OCc2ccc([N+](=O)[O-])cc2)N2C(=O)C(NC(=O)COc3ccccc3)[C@@H]2[S+]([O-])C1. The van der Waals surface area contributed by atoms with Crippen LogP contribution >= 0.6 is 0 Å². The topological polar surface area (TPSA) is 168 Å². The summed E-state index contributed by atoms with van der Waals surface area (Å²) in [5, 5.41) is 12.2. The Morgan fingerprint density at radius 1 is 1.17 bits per heavy atom. The molecule has 2 amide bonds. The van der Waals surface area contributed by atoms with E-state index in [1.54, 1.807) is 30.3 Å². The molecule has 2 aliphatic heterocycles. The number of fused-ring (bicyclic) bond motifs is 1. The Balaban J connectivity index is 1.41. The number of hydrogen-bond acceptors (Lipinski definition) is 9. The molecule has 2 aliphatic rings. The summed E-state index contributed by atoms with van der Waals surface area (Å²) in [5.74, 6) is -2.19. The van der Waals surface area contributed by atoms with Crippen LogP contribution in [0.15, 0.2) is 65.9 Å². The molecule has 2 aromatic rings. The van der Waals surface area contributed by atoms with Gasteiger partial charge in [0.05, 0.1) is 10.5 Å². The van der Waals surface area contributed by atoms with Crippen LogP contribution < -0.4 is 10.1 Å². The molecule has 1 N–H and O–H groups in total. The first-order valence-electron chi connectivity index (χ1n) is 10.6. The summed E-state index contributed by atoms with van der Waals surface area (Å²) in [5.41, 5.74) is -0.199. The Morgan fingerprint density at radius 2 is 1.86 bits per heavy atom. The van der Waals surface area contributed by atoms with Gasteiger partial charge in [-0.15, -0.1) is 0 Å². The number of benzene rings is 2. The molecule has 2 heterocycles. The second-order valence-corrected chi connectivity index (χ2v) is 9.30. The van der Waals surface area contributed by atoms with Gasteiger partial charge in [-0.05, 0) is 41.0 Å². The van der Waals surface area contributed by atoms with Gasteiger partial charge in [0.1, 0.15) is 23.8 Å². The van der Waals surface area contributed by atoms with Gasteiger partial charge in [-0.25, -0.2) is 4.79 Å². The van der Waals surface area contributed by atoms with E-state index >= 15 is 0 Å². The number of rotatable bonds is 9. The van der Waals surface area contributed by atoms with Gasteiger partial charge in [0.2, 0.25) is 5.37 Å². The summed E-state index contributed by atoms with van der Waals surface area (Å²) < 4.78 is 23.3. The van der Waals surface area contributed by atoms with Crippen molar-refractivity contribution >= 4 is 40.9 Å². The van der Waals surface area contributed by atoms with Crippen molar-refractivity contribution < 1.29 is 38.1 Å². The molecule has 1 fully saturated rings. The number of non-ortho nitro benzene ring substituents is 1. The lowest BCUT2D eigenvalue weighted by Crippen LogP contribution is -2.75. The quantitative estimate of drug-likeness (QED) is 0.126.